The zero-order valence-corrected chi connectivity index (χ0v) is 12.3. The van der Waals surface area contributed by atoms with Crippen LogP contribution < -0.4 is 5.32 Å². The Morgan fingerprint density at radius 2 is 2.24 bits per heavy atom. The standard InChI is InChI=1S/C15H19N5O/c1-10-17-14(19-18-10)9-20(2)15(21)12-4-3-11-5-6-16-8-13(11)7-12/h3-4,7,16H,5-6,8-9H2,1-2H3,(H,17,18,19). The van der Waals surface area contributed by atoms with Gasteiger partial charge in [-0.3, -0.25) is 9.89 Å². The maximum atomic E-state index is 12.5. The molecular weight excluding hydrogens is 266 g/mol. The minimum Gasteiger partial charge on any atom is -0.334 e. The summed E-state index contributed by atoms with van der Waals surface area (Å²) in [6, 6.07) is 5.96. The fourth-order valence-electron chi connectivity index (χ4n) is 2.58. The van der Waals surface area contributed by atoms with Crippen molar-refractivity contribution in [3.63, 3.8) is 0 Å². The molecule has 0 aliphatic carbocycles. The summed E-state index contributed by atoms with van der Waals surface area (Å²) in [5.74, 6) is 1.37. The average molecular weight is 285 g/mol. The summed E-state index contributed by atoms with van der Waals surface area (Å²) in [4.78, 5) is 18.3. The van der Waals surface area contributed by atoms with Gasteiger partial charge in [0.05, 0.1) is 6.54 Å². The van der Waals surface area contributed by atoms with Crippen LogP contribution in [0.3, 0.4) is 0 Å². The first-order chi connectivity index (χ1) is 10.1. The molecule has 3 rings (SSSR count). The molecule has 0 fully saturated rings. The molecule has 0 atom stereocenters. The van der Waals surface area contributed by atoms with E-state index in [-0.39, 0.29) is 5.91 Å². The first-order valence-corrected chi connectivity index (χ1v) is 7.09. The molecule has 110 valence electrons. The Labute approximate surface area is 123 Å². The maximum absolute atomic E-state index is 12.5. The van der Waals surface area contributed by atoms with Gasteiger partial charge in [-0.15, -0.1) is 0 Å². The highest BCUT2D eigenvalue weighted by Gasteiger charge is 2.16. The topological polar surface area (TPSA) is 73.9 Å². The van der Waals surface area contributed by atoms with Crippen LogP contribution >= 0.6 is 0 Å². The Hall–Kier alpha value is -2.21. The van der Waals surface area contributed by atoms with Crippen LogP contribution in [0.2, 0.25) is 0 Å². The molecule has 1 aliphatic rings. The molecule has 0 bridgehead atoms. The molecule has 0 spiro atoms. The Bertz CT molecular complexity index is 664. The second kappa shape index (κ2) is 5.65. The van der Waals surface area contributed by atoms with E-state index in [1.807, 2.05) is 19.1 Å². The van der Waals surface area contributed by atoms with Gasteiger partial charge in [-0.25, -0.2) is 4.98 Å². The highest BCUT2D eigenvalue weighted by atomic mass is 16.2. The fourth-order valence-corrected chi connectivity index (χ4v) is 2.58. The molecule has 1 aliphatic heterocycles. The number of rotatable bonds is 3. The Balaban J connectivity index is 1.75. The molecule has 6 nitrogen and oxygen atoms in total. The second-order valence-corrected chi connectivity index (χ2v) is 5.41. The summed E-state index contributed by atoms with van der Waals surface area (Å²) >= 11 is 0. The van der Waals surface area contributed by atoms with Gasteiger partial charge in [0.2, 0.25) is 0 Å². The van der Waals surface area contributed by atoms with Gasteiger partial charge in [0.1, 0.15) is 5.82 Å². The number of aromatic nitrogens is 3. The SMILES string of the molecule is Cc1nc(CN(C)C(=O)c2ccc3c(c2)CNCC3)n[nH]1. The molecular formula is C15H19N5O. The smallest absolute Gasteiger partial charge is 0.254 e. The van der Waals surface area contributed by atoms with Crippen LogP contribution in [-0.4, -0.2) is 39.6 Å². The number of aryl methyl sites for hydroxylation is 1. The molecule has 0 saturated carbocycles. The predicted molar refractivity (Wildman–Crippen MR) is 78.8 cm³/mol. The quantitative estimate of drug-likeness (QED) is 0.883. The summed E-state index contributed by atoms with van der Waals surface area (Å²) in [6.45, 7) is 4.08. The molecule has 6 heteroatoms. The maximum Gasteiger partial charge on any atom is 0.254 e. The van der Waals surface area contributed by atoms with Crippen LogP contribution in [-0.2, 0) is 19.5 Å². The van der Waals surface area contributed by atoms with Gasteiger partial charge in [0, 0.05) is 19.2 Å². The summed E-state index contributed by atoms with van der Waals surface area (Å²) in [5, 5.41) is 10.2. The van der Waals surface area contributed by atoms with Gasteiger partial charge in [-0.2, -0.15) is 5.10 Å². The third kappa shape index (κ3) is 2.95. The summed E-state index contributed by atoms with van der Waals surface area (Å²) < 4.78 is 0. The van der Waals surface area contributed by atoms with Gasteiger partial charge >= 0.3 is 0 Å². The lowest BCUT2D eigenvalue weighted by Gasteiger charge is -2.20. The first kappa shape index (κ1) is 13.8. The summed E-state index contributed by atoms with van der Waals surface area (Å²) in [7, 11) is 1.77. The molecule has 0 radical (unpaired) electrons. The van der Waals surface area contributed by atoms with Gasteiger partial charge < -0.3 is 10.2 Å². The molecule has 2 aromatic rings. The third-order valence-corrected chi connectivity index (χ3v) is 3.71. The van der Waals surface area contributed by atoms with Crippen molar-refractivity contribution in [1.82, 2.24) is 25.4 Å². The van der Waals surface area contributed by atoms with Crippen LogP contribution in [0, 0.1) is 6.92 Å². The van der Waals surface area contributed by atoms with Crippen molar-refractivity contribution in [3.05, 3.63) is 46.5 Å². The minimum absolute atomic E-state index is 0.00849. The number of fused-ring (bicyclic) bond motifs is 1. The van der Waals surface area contributed by atoms with E-state index in [0.717, 1.165) is 25.3 Å². The lowest BCUT2D eigenvalue weighted by Crippen LogP contribution is -2.28. The van der Waals surface area contributed by atoms with E-state index >= 15 is 0 Å². The zero-order valence-electron chi connectivity index (χ0n) is 12.3. The van der Waals surface area contributed by atoms with E-state index in [2.05, 4.69) is 26.6 Å². The number of benzene rings is 1. The number of carbonyl (C=O) groups is 1. The molecule has 1 aromatic heterocycles. The van der Waals surface area contributed by atoms with Crippen LogP contribution in [0.4, 0.5) is 0 Å². The van der Waals surface area contributed by atoms with Crippen molar-refractivity contribution in [2.24, 2.45) is 0 Å². The Morgan fingerprint density at radius 3 is 3.00 bits per heavy atom. The van der Waals surface area contributed by atoms with Crippen molar-refractivity contribution in [2.75, 3.05) is 13.6 Å². The number of nitrogens with one attached hydrogen (secondary N) is 2. The van der Waals surface area contributed by atoms with E-state index < -0.39 is 0 Å². The van der Waals surface area contributed by atoms with Gasteiger partial charge in [-0.1, -0.05) is 6.07 Å². The van der Waals surface area contributed by atoms with Crippen LogP contribution in [0.25, 0.3) is 0 Å². The molecule has 1 amide bonds. The minimum atomic E-state index is -0.00849. The molecule has 21 heavy (non-hydrogen) atoms. The molecule has 2 N–H and O–H groups in total. The fraction of sp³-hybridized carbons (Fsp3) is 0.400. The second-order valence-electron chi connectivity index (χ2n) is 5.41. The van der Waals surface area contributed by atoms with Crippen LogP contribution in [0.15, 0.2) is 18.2 Å². The van der Waals surface area contributed by atoms with Crippen LogP contribution in [0.5, 0.6) is 0 Å². The van der Waals surface area contributed by atoms with Crippen LogP contribution in [0.1, 0.15) is 33.1 Å². The molecule has 1 aromatic carbocycles. The number of aromatic amines is 1. The van der Waals surface area contributed by atoms with E-state index in [1.54, 1.807) is 11.9 Å². The average Bonchev–Trinajstić information content (AvgIpc) is 2.91. The highest BCUT2D eigenvalue weighted by Crippen LogP contribution is 2.17. The molecule has 0 saturated heterocycles. The number of hydrogen-bond acceptors (Lipinski definition) is 4. The predicted octanol–water partition coefficient (Wildman–Crippen LogP) is 1.03. The van der Waals surface area contributed by atoms with E-state index in [1.165, 1.54) is 11.1 Å². The number of nitrogens with zero attached hydrogens (tertiary/aromatic N) is 3. The molecule has 2 heterocycles. The van der Waals surface area contributed by atoms with Crippen molar-refractivity contribution < 1.29 is 4.79 Å². The lowest BCUT2D eigenvalue weighted by atomic mass is 9.98. The number of hydrogen-bond donors (Lipinski definition) is 2. The lowest BCUT2D eigenvalue weighted by molar-refractivity contribution is 0.0781. The number of amides is 1. The third-order valence-electron chi connectivity index (χ3n) is 3.71. The van der Waals surface area contributed by atoms with Crippen molar-refractivity contribution in [3.8, 4) is 0 Å². The molecule has 0 unspecified atom stereocenters. The number of H-pyrrole nitrogens is 1. The van der Waals surface area contributed by atoms with E-state index in [4.69, 9.17) is 0 Å². The zero-order chi connectivity index (χ0) is 14.8. The van der Waals surface area contributed by atoms with E-state index in [0.29, 0.717) is 17.9 Å². The van der Waals surface area contributed by atoms with Gasteiger partial charge in [-0.05, 0) is 43.1 Å². The first-order valence-electron chi connectivity index (χ1n) is 7.09. The normalized spacial score (nSPS) is 13.8. The summed E-state index contributed by atoms with van der Waals surface area (Å²) in [6.07, 6.45) is 1.02. The summed E-state index contributed by atoms with van der Waals surface area (Å²) in [5.41, 5.74) is 3.26. The van der Waals surface area contributed by atoms with Gasteiger partial charge in [0.15, 0.2) is 5.82 Å². The van der Waals surface area contributed by atoms with E-state index in [9.17, 15) is 4.79 Å². The Kier molecular flexibility index (Phi) is 3.70. The van der Waals surface area contributed by atoms with Crippen molar-refractivity contribution in [1.29, 1.82) is 0 Å². The Morgan fingerprint density at radius 1 is 1.38 bits per heavy atom. The van der Waals surface area contributed by atoms with Crippen molar-refractivity contribution >= 4 is 5.91 Å². The highest BCUT2D eigenvalue weighted by molar-refractivity contribution is 5.94. The van der Waals surface area contributed by atoms with Crippen molar-refractivity contribution in [2.45, 2.75) is 26.4 Å². The largest absolute Gasteiger partial charge is 0.334 e. The number of carbonyl (C=O) groups excluding carboxylic acids is 1. The van der Waals surface area contributed by atoms with Gasteiger partial charge in [0.25, 0.3) is 5.91 Å². The monoisotopic (exact) mass is 285 g/mol.